The van der Waals surface area contributed by atoms with Crippen LogP contribution in [0.4, 0.5) is 4.79 Å². The number of carbonyl (C=O) groups is 1. The monoisotopic (exact) mass is 434 g/mol. The van der Waals surface area contributed by atoms with Crippen LogP contribution in [0, 0.1) is 5.92 Å². The van der Waals surface area contributed by atoms with E-state index in [4.69, 9.17) is 5.11 Å². The Kier molecular flexibility index (Phi) is 8.40. The SMILES string of the molecule is CC(C)CCN(C(O)(CCNC(=O)O)Cc1ccccc1)S(=O)(=O)c1ccccc1. The number of carboxylic acid groups (broad SMARTS) is 1. The fraction of sp³-hybridized carbons (Fsp3) is 0.409. The van der Waals surface area contributed by atoms with Gasteiger partial charge < -0.3 is 15.5 Å². The van der Waals surface area contributed by atoms with Crippen LogP contribution in [0.5, 0.6) is 0 Å². The Labute approximate surface area is 178 Å². The van der Waals surface area contributed by atoms with Crippen molar-refractivity contribution >= 4 is 16.1 Å². The molecule has 2 rings (SSSR count). The van der Waals surface area contributed by atoms with E-state index in [9.17, 15) is 18.3 Å². The molecule has 1 amide bonds. The Hall–Kier alpha value is -2.42. The molecule has 30 heavy (non-hydrogen) atoms. The zero-order valence-corrected chi connectivity index (χ0v) is 18.2. The number of rotatable bonds is 11. The van der Waals surface area contributed by atoms with Crippen LogP contribution in [0.15, 0.2) is 65.6 Å². The first kappa shape index (κ1) is 23.9. The zero-order chi connectivity index (χ0) is 22.2. The summed E-state index contributed by atoms with van der Waals surface area (Å²) in [5.74, 6) is 0.219. The molecule has 0 aromatic heterocycles. The Bertz CT molecular complexity index is 904. The molecule has 2 aromatic carbocycles. The summed E-state index contributed by atoms with van der Waals surface area (Å²) in [6, 6.07) is 17.1. The van der Waals surface area contributed by atoms with Gasteiger partial charge in [0, 0.05) is 25.9 Å². The minimum atomic E-state index is -4.02. The lowest BCUT2D eigenvalue weighted by Gasteiger charge is -2.39. The van der Waals surface area contributed by atoms with Gasteiger partial charge >= 0.3 is 6.09 Å². The first-order valence-corrected chi connectivity index (χ1v) is 11.4. The largest absolute Gasteiger partial charge is 0.465 e. The van der Waals surface area contributed by atoms with Gasteiger partial charge in [0.15, 0.2) is 0 Å². The highest BCUT2D eigenvalue weighted by Crippen LogP contribution is 2.30. The molecule has 7 nitrogen and oxygen atoms in total. The highest BCUT2D eigenvalue weighted by molar-refractivity contribution is 7.89. The van der Waals surface area contributed by atoms with E-state index in [1.807, 2.05) is 44.2 Å². The Morgan fingerprint density at radius 2 is 1.63 bits per heavy atom. The van der Waals surface area contributed by atoms with Gasteiger partial charge in [-0.2, -0.15) is 4.31 Å². The van der Waals surface area contributed by atoms with Crippen LogP contribution >= 0.6 is 0 Å². The van der Waals surface area contributed by atoms with Crippen LogP contribution in [0.2, 0.25) is 0 Å². The smallest absolute Gasteiger partial charge is 0.404 e. The molecule has 0 bridgehead atoms. The Balaban J connectivity index is 2.48. The molecule has 0 fully saturated rings. The fourth-order valence-corrected chi connectivity index (χ4v) is 4.95. The molecule has 0 spiro atoms. The van der Waals surface area contributed by atoms with E-state index in [0.29, 0.717) is 6.42 Å². The van der Waals surface area contributed by atoms with Crippen molar-refractivity contribution in [2.24, 2.45) is 5.92 Å². The Morgan fingerprint density at radius 3 is 2.17 bits per heavy atom. The topological polar surface area (TPSA) is 107 Å². The van der Waals surface area contributed by atoms with Gasteiger partial charge in [-0.3, -0.25) is 0 Å². The molecule has 0 radical (unpaired) electrons. The summed E-state index contributed by atoms with van der Waals surface area (Å²) >= 11 is 0. The number of aliphatic hydroxyl groups is 1. The van der Waals surface area contributed by atoms with E-state index in [0.717, 1.165) is 9.87 Å². The standard InChI is InChI=1S/C22H30N2O5S/c1-18(2)13-16-24(30(28,29)20-11-7-4-8-12-20)22(27,14-15-23-21(25)26)17-19-9-5-3-6-10-19/h3-12,18,23,27H,13-17H2,1-2H3,(H,25,26). The van der Waals surface area contributed by atoms with Gasteiger partial charge in [-0.05, 0) is 30.0 Å². The van der Waals surface area contributed by atoms with Crippen LogP contribution in [0.3, 0.4) is 0 Å². The number of benzene rings is 2. The maximum atomic E-state index is 13.5. The van der Waals surface area contributed by atoms with Crippen molar-refractivity contribution < 1.29 is 23.4 Å². The van der Waals surface area contributed by atoms with Crippen LogP contribution in [-0.2, 0) is 16.4 Å². The second-order valence-corrected chi connectivity index (χ2v) is 9.56. The number of hydrogen-bond donors (Lipinski definition) is 3. The average molecular weight is 435 g/mol. The molecule has 8 heteroatoms. The van der Waals surface area contributed by atoms with Crippen molar-refractivity contribution in [1.29, 1.82) is 0 Å². The molecular formula is C22H30N2O5S. The number of nitrogens with zero attached hydrogens (tertiary/aromatic N) is 1. The predicted molar refractivity (Wildman–Crippen MR) is 116 cm³/mol. The van der Waals surface area contributed by atoms with Gasteiger partial charge in [0.25, 0.3) is 0 Å². The minimum Gasteiger partial charge on any atom is -0.465 e. The van der Waals surface area contributed by atoms with Crippen LogP contribution in [-0.4, -0.2) is 47.8 Å². The first-order valence-electron chi connectivity index (χ1n) is 9.96. The lowest BCUT2D eigenvalue weighted by molar-refractivity contribution is -0.0675. The maximum absolute atomic E-state index is 13.5. The van der Waals surface area contributed by atoms with E-state index in [1.54, 1.807) is 18.2 Å². The van der Waals surface area contributed by atoms with Crippen molar-refractivity contribution in [2.45, 2.75) is 43.7 Å². The lowest BCUT2D eigenvalue weighted by Crippen LogP contribution is -2.55. The lowest BCUT2D eigenvalue weighted by atomic mass is 9.98. The van der Waals surface area contributed by atoms with Crippen LogP contribution in [0.1, 0.15) is 32.3 Å². The highest BCUT2D eigenvalue weighted by atomic mass is 32.2. The molecule has 0 saturated carbocycles. The zero-order valence-electron chi connectivity index (χ0n) is 17.4. The molecule has 0 saturated heterocycles. The molecule has 2 aromatic rings. The molecule has 1 atom stereocenters. The number of amides is 1. The van der Waals surface area contributed by atoms with Crippen LogP contribution in [0.25, 0.3) is 0 Å². The first-order chi connectivity index (χ1) is 14.1. The fourth-order valence-electron chi connectivity index (χ4n) is 3.24. The third kappa shape index (κ3) is 6.55. The summed E-state index contributed by atoms with van der Waals surface area (Å²) in [7, 11) is -4.02. The summed E-state index contributed by atoms with van der Waals surface area (Å²) in [6.45, 7) is 4.00. The highest BCUT2D eigenvalue weighted by Gasteiger charge is 2.42. The summed E-state index contributed by atoms with van der Waals surface area (Å²) in [5.41, 5.74) is -1.04. The summed E-state index contributed by atoms with van der Waals surface area (Å²) in [5, 5.41) is 22.8. The molecule has 1 unspecified atom stereocenters. The predicted octanol–water partition coefficient (Wildman–Crippen LogP) is 3.31. The molecular weight excluding hydrogens is 404 g/mol. The van der Waals surface area contributed by atoms with Gasteiger partial charge in [0.1, 0.15) is 5.72 Å². The molecule has 0 aliphatic heterocycles. The van der Waals surface area contributed by atoms with Gasteiger partial charge in [0.05, 0.1) is 4.90 Å². The normalized spacial score (nSPS) is 13.9. The van der Waals surface area contributed by atoms with Crippen molar-refractivity contribution in [3.8, 4) is 0 Å². The van der Waals surface area contributed by atoms with Gasteiger partial charge in [-0.15, -0.1) is 0 Å². The maximum Gasteiger partial charge on any atom is 0.404 e. The van der Waals surface area contributed by atoms with E-state index in [1.165, 1.54) is 12.1 Å². The molecule has 0 heterocycles. The molecule has 3 N–H and O–H groups in total. The number of nitrogens with one attached hydrogen (secondary N) is 1. The average Bonchev–Trinajstić information content (AvgIpc) is 2.68. The third-order valence-corrected chi connectivity index (χ3v) is 6.81. The quantitative estimate of drug-likeness (QED) is 0.471. The molecule has 0 aliphatic rings. The van der Waals surface area contributed by atoms with Crippen LogP contribution < -0.4 is 5.32 Å². The third-order valence-electron chi connectivity index (χ3n) is 4.84. The van der Waals surface area contributed by atoms with E-state index in [2.05, 4.69) is 5.32 Å². The molecule has 164 valence electrons. The number of hydrogen-bond acceptors (Lipinski definition) is 4. The van der Waals surface area contributed by atoms with Gasteiger partial charge in [-0.25, -0.2) is 13.2 Å². The van der Waals surface area contributed by atoms with Gasteiger partial charge in [-0.1, -0.05) is 62.4 Å². The number of sulfonamides is 1. The van der Waals surface area contributed by atoms with Crippen molar-refractivity contribution in [1.82, 2.24) is 9.62 Å². The molecule has 0 aliphatic carbocycles. The van der Waals surface area contributed by atoms with Crippen molar-refractivity contribution in [3.05, 3.63) is 66.2 Å². The second kappa shape index (κ2) is 10.6. The second-order valence-electron chi connectivity index (χ2n) is 7.70. The van der Waals surface area contributed by atoms with E-state index >= 15 is 0 Å². The van der Waals surface area contributed by atoms with E-state index in [-0.39, 0.29) is 36.7 Å². The van der Waals surface area contributed by atoms with E-state index < -0.39 is 21.8 Å². The Morgan fingerprint density at radius 1 is 1.07 bits per heavy atom. The van der Waals surface area contributed by atoms with Crippen molar-refractivity contribution in [2.75, 3.05) is 13.1 Å². The van der Waals surface area contributed by atoms with Gasteiger partial charge in [0.2, 0.25) is 10.0 Å². The summed E-state index contributed by atoms with van der Waals surface area (Å²) < 4.78 is 28.1. The van der Waals surface area contributed by atoms with Crippen molar-refractivity contribution in [3.63, 3.8) is 0 Å². The summed E-state index contributed by atoms with van der Waals surface area (Å²) in [6.07, 6.45) is -0.718. The minimum absolute atomic E-state index is 0.0410. The summed E-state index contributed by atoms with van der Waals surface area (Å²) in [4.78, 5) is 11.0.